The van der Waals surface area contributed by atoms with E-state index in [-0.39, 0.29) is 23.9 Å². The van der Waals surface area contributed by atoms with Gasteiger partial charge in [-0.2, -0.15) is 5.26 Å². The quantitative estimate of drug-likeness (QED) is 0.839. The average molecular weight is 218 g/mol. The minimum atomic E-state index is -0.449. The molecule has 1 N–H and O–H groups in total. The molecule has 0 aliphatic heterocycles. The Labute approximate surface area is 92.9 Å². The van der Waals surface area contributed by atoms with Gasteiger partial charge in [-0.3, -0.25) is 4.79 Å². The van der Waals surface area contributed by atoms with Crippen molar-refractivity contribution < 1.29 is 9.18 Å². The van der Waals surface area contributed by atoms with Gasteiger partial charge in [0.25, 0.3) is 0 Å². The molecule has 1 aromatic carbocycles. The van der Waals surface area contributed by atoms with Crippen LogP contribution in [0.25, 0.3) is 0 Å². The Morgan fingerprint density at radius 2 is 2.31 bits per heavy atom. The van der Waals surface area contributed by atoms with E-state index in [1.165, 1.54) is 12.1 Å². The predicted molar refractivity (Wildman–Crippen MR) is 55.7 cm³/mol. The summed E-state index contributed by atoms with van der Waals surface area (Å²) in [4.78, 5) is 11.3. The van der Waals surface area contributed by atoms with Crippen molar-refractivity contribution in [2.24, 2.45) is 5.92 Å². The van der Waals surface area contributed by atoms with Gasteiger partial charge in [0.2, 0.25) is 5.91 Å². The van der Waals surface area contributed by atoms with Crippen molar-refractivity contribution in [3.63, 3.8) is 0 Å². The lowest BCUT2D eigenvalue weighted by molar-refractivity contribution is -0.122. The zero-order chi connectivity index (χ0) is 11.5. The van der Waals surface area contributed by atoms with Crippen molar-refractivity contribution in [2.75, 3.05) is 0 Å². The van der Waals surface area contributed by atoms with Crippen LogP contribution in [-0.2, 0) is 11.3 Å². The van der Waals surface area contributed by atoms with E-state index in [4.69, 9.17) is 5.26 Å². The molecule has 0 radical (unpaired) electrons. The molecule has 82 valence electrons. The zero-order valence-corrected chi connectivity index (χ0v) is 8.66. The smallest absolute Gasteiger partial charge is 0.223 e. The summed E-state index contributed by atoms with van der Waals surface area (Å²) in [6.45, 7) is 0.187. The summed E-state index contributed by atoms with van der Waals surface area (Å²) in [5.74, 6) is -0.333. The Balaban J connectivity index is 1.98. The highest BCUT2D eigenvalue weighted by Gasteiger charge is 2.29. The SMILES string of the molecule is N#Cc1ccc(CNC(=O)C2CC2)c(F)c1. The number of hydrogen-bond donors (Lipinski definition) is 1. The molecular weight excluding hydrogens is 207 g/mol. The summed E-state index contributed by atoms with van der Waals surface area (Å²) in [5.41, 5.74) is 0.697. The third kappa shape index (κ3) is 2.37. The number of carbonyl (C=O) groups is 1. The fourth-order valence-electron chi connectivity index (χ4n) is 1.43. The van der Waals surface area contributed by atoms with Gasteiger partial charge in [-0.15, -0.1) is 0 Å². The van der Waals surface area contributed by atoms with Crippen LogP contribution in [-0.4, -0.2) is 5.91 Å². The molecule has 1 fully saturated rings. The molecule has 0 atom stereocenters. The van der Waals surface area contributed by atoms with Crippen molar-refractivity contribution in [1.29, 1.82) is 5.26 Å². The van der Waals surface area contributed by atoms with Crippen LogP contribution in [0.5, 0.6) is 0 Å². The van der Waals surface area contributed by atoms with Crippen molar-refractivity contribution in [1.82, 2.24) is 5.32 Å². The number of carbonyl (C=O) groups excluding carboxylic acids is 1. The number of benzene rings is 1. The van der Waals surface area contributed by atoms with Gasteiger partial charge in [-0.25, -0.2) is 4.39 Å². The van der Waals surface area contributed by atoms with Crippen molar-refractivity contribution in [3.8, 4) is 6.07 Å². The summed E-state index contributed by atoms with van der Waals surface area (Å²) < 4.78 is 13.4. The summed E-state index contributed by atoms with van der Waals surface area (Å²) in [5, 5.41) is 11.2. The third-order valence-electron chi connectivity index (χ3n) is 2.58. The molecule has 0 saturated heterocycles. The van der Waals surface area contributed by atoms with E-state index in [1.54, 1.807) is 6.07 Å². The number of hydrogen-bond acceptors (Lipinski definition) is 2. The van der Waals surface area contributed by atoms with Gasteiger partial charge < -0.3 is 5.32 Å². The molecule has 0 bridgehead atoms. The summed E-state index contributed by atoms with van der Waals surface area (Å²) in [6, 6.07) is 6.11. The van der Waals surface area contributed by atoms with E-state index in [0.29, 0.717) is 5.56 Å². The highest BCUT2D eigenvalue weighted by atomic mass is 19.1. The van der Waals surface area contributed by atoms with E-state index >= 15 is 0 Å². The molecule has 0 spiro atoms. The van der Waals surface area contributed by atoms with Crippen LogP contribution in [0.15, 0.2) is 18.2 Å². The lowest BCUT2D eigenvalue weighted by Crippen LogP contribution is -2.24. The van der Waals surface area contributed by atoms with Gasteiger partial charge >= 0.3 is 0 Å². The molecule has 4 heteroatoms. The Morgan fingerprint density at radius 3 is 2.88 bits per heavy atom. The van der Waals surface area contributed by atoms with Gasteiger partial charge in [0.05, 0.1) is 11.6 Å². The second kappa shape index (κ2) is 4.31. The van der Waals surface area contributed by atoms with Gasteiger partial charge in [-0.1, -0.05) is 6.07 Å². The molecule has 0 aromatic heterocycles. The molecule has 2 rings (SSSR count). The number of nitrogens with one attached hydrogen (secondary N) is 1. The highest BCUT2D eigenvalue weighted by Crippen LogP contribution is 2.28. The molecule has 1 amide bonds. The van der Waals surface area contributed by atoms with Crippen molar-refractivity contribution in [3.05, 3.63) is 35.1 Å². The summed E-state index contributed by atoms with van der Waals surface area (Å²) in [6.07, 6.45) is 1.86. The first-order chi connectivity index (χ1) is 7.70. The molecule has 1 aromatic rings. The topological polar surface area (TPSA) is 52.9 Å². The lowest BCUT2D eigenvalue weighted by atomic mass is 10.1. The maximum Gasteiger partial charge on any atom is 0.223 e. The minimum absolute atomic E-state index is 0.0104. The number of amides is 1. The fourth-order valence-corrected chi connectivity index (χ4v) is 1.43. The largest absolute Gasteiger partial charge is 0.352 e. The van der Waals surface area contributed by atoms with E-state index in [0.717, 1.165) is 12.8 Å². The molecule has 1 aliphatic carbocycles. The van der Waals surface area contributed by atoms with Crippen LogP contribution in [0.2, 0.25) is 0 Å². The first kappa shape index (κ1) is 10.6. The fraction of sp³-hybridized carbons (Fsp3) is 0.333. The van der Waals surface area contributed by atoms with Gasteiger partial charge in [0.1, 0.15) is 5.82 Å². The minimum Gasteiger partial charge on any atom is -0.352 e. The van der Waals surface area contributed by atoms with E-state index < -0.39 is 5.82 Å². The average Bonchev–Trinajstić information content (AvgIpc) is 3.10. The normalized spacial score (nSPS) is 14.2. The van der Waals surface area contributed by atoms with E-state index in [9.17, 15) is 9.18 Å². The van der Waals surface area contributed by atoms with Crippen LogP contribution in [0.4, 0.5) is 4.39 Å². The van der Waals surface area contributed by atoms with Gasteiger partial charge in [0.15, 0.2) is 0 Å². The van der Waals surface area contributed by atoms with Crippen LogP contribution in [0.1, 0.15) is 24.0 Å². The Bertz CT molecular complexity index is 461. The zero-order valence-electron chi connectivity index (χ0n) is 8.66. The third-order valence-corrected chi connectivity index (χ3v) is 2.58. The van der Waals surface area contributed by atoms with Crippen LogP contribution >= 0.6 is 0 Å². The maximum absolute atomic E-state index is 13.4. The van der Waals surface area contributed by atoms with Crippen LogP contribution < -0.4 is 5.32 Å². The van der Waals surface area contributed by atoms with Gasteiger partial charge in [-0.05, 0) is 25.0 Å². The first-order valence-electron chi connectivity index (χ1n) is 5.17. The van der Waals surface area contributed by atoms with E-state index in [2.05, 4.69) is 5.32 Å². The second-order valence-corrected chi connectivity index (χ2v) is 3.91. The maximum atomic E-state index is 13.4. The standard InChI is InChI=1S/C12H11FN2O/c13-11-5-8(6-14)1-2-10(11)7-15-12(16)9-3-4-9/h1-2,5,9H,3-4,7H2,(H,15,16). The number of nitrogens with zero attached hydrogens (tertiary/aromatic N) is 1. The summed E-state index contributed by atoms with van der Waals surface area (Å²) in [7, 11) is 0. The second-order valence-electron chi connectivity index (χ2n) is 3.91. The van der Waals surface area contributed by atoms with Crippen molar-refractivity contribution >= 4 is 5.91 Å². The predicted octanol–water partition coefficient (Wildman–Crippen LogP) is 1.72. The molecule has 0 heterocycles. The monoisotopic (exact) mass is 218 g/mol. The molecule has 16 heavy (non-hydrogen) atoms. The molecule has 3 nitrogen and oxygen atoms in total. The summed E-state index contributed by atoms with van der Waals surface area (Å²) >= 11 is 0. The molecular formula is C12H11FN2O. The lowest BCUT2D eigenvalue weighted by Gasteiger charge is -2.05. The van der Waals surface area contributed by atoms with E-state index in [1.807, 2.05) is 6.07 Å². The Hall–Kier alpha value is -1.89. The van der Waals surface area contributed by atoms with Crippen molar-refractivity contribution in [2.45, 2.75) is 19.4 Å². The Kier molecular flexibility index (Phi) is 2.86. The number of nitriles is 1. The van der Waals surface area contributed by atoms with Crippen LogP contribution in [0, 0.1) is 23.1 Å². The van der Waals surface area contributed by atoms with Crippen LogP contribution in [0.3, 0.4) is 0 Å². The first-order valence-corrected chi connectivity index (χ1v) is 5.17. The van der Waals surface area contributed by atoms with Gasteiger partial charge in [0, 0.05) is 18.0 Å². The Morgan fingerprint density at radius 1 is 1.56 bits per heavy atom. The number of halogens is 1. The number of rotatable bonds is 3. The molecule has 1 saturated carbocycles. The highest BCUT2D eigenvalue weighted by molar-refractivity contribution is 5.80. The molecule has 1 aliphatic rings. The molecule has 0 unspecified atom stereocenters.